The fourth-order valence-electron chi connectivity index (χ4n) is 3.56. The molecule has 0 spiro atoms. The molecule has 176 valence electrons. The van der Waals surface area contributed by atoms with Crippen molar-refractivity contribution in [2.75, 3.05) is 45.9 Å². The molecule has 0 aliphatic carbocycles. The highest BCUT2D eigenvalue weighted by molar-refractivity contribution is 6.36. The molecule has 8 heteroatoms. The molecular formula is C25H30N2O6. The van der Waals surface area contributed by atoms with Gasteiger partial charge >= 0.3 is 0 Å². The van der Waals surface area contributed by atoms with Crippen LogP contribution in [0.4, 0.5) is 5.69 Å². The van der Waals surface area contributed by atoms with Crippen LogP contribution in [0.2, 0.25) is 0 Å². The number of methoxy groups -OCH3 is 2. The molecule has 1 aliphatic heterocycles. The number of carbonyl (C=O) groups is 2. The van der Waals surface area contributed by atoms with Crippen LogP contribution in [0.25, 0.3) is 5.57 Å². The Hall–Kier alpha value is -3.52. The topological polar surface area (TPSA) is 86.3 Å². The summed E-state index contributed by atoms with van der Waals surface area (Å²) in [6.45, 7) is 5.47. The third-order valence-corrected chi connectivity index (χ3v) is 5.09. The van der Waals surface area contributed by atoms with Gasteiger partial charge in [0, 0.05) is 32.0 Å². The van der Waals surface area contributed by atoms with Crippen molar-refractivity contribution in [1.29, 1.82) is 0 Å². The molecule has 0 radical (unpaired) electrons. The van der Waals surface area contributed by atoms with E-state index in [4.69, 9.17) is 18.9 Å². The lowest BCUT2D eigenvalue weighted by atomic mass is 10.0. The Morgan fingerprint density at radius 1 is 0.879 bits per heavy atom. The molecule has 8 nitrogen and oxygen atoms in total. The Labute approximate surface area is 194 Å². The second-order valence-corrected chi connectivity index (χ2v) is 7.24. The number of benzene rings is 2. The third kappa shape index (κ3) is 5.46. The first-order valence-corrected chi connectivity index (χ1v) is 10.9. The van der Waals surface area contributed by atoms with Crippen LogP contribution in [0.5, 0.6) is 17.2 Å². The monoisotopic (exact) mass is 454 g/mol. The van der Waals surface area contributed by atoms with E-state index in [1.807, 2.05) is 13.8 Å². The minimum Gasteiger partial charge on any atom is -0.497 e. The average molecular weight is 455 g/mol. The Morgan fingerprint density at radius 2 is 1.58 bits per heavy atom. The molecule has 3 rings (SSSR count). The summed E-state index contributed by atoms with van der Waals surface area (Å²) in [5, 5.41) is 3.16. The molecule has 0 saturated carbocycles. The molecule has 0 saturated heterocycles. The third-order valence-electron chi connectivity index (χ3n) is 5.09. The number of imide groups is 1. The smallest absolute Gasteiger partial charge is 0.278 e. The fraction of sp³-hybridized carbons (Fsp3) is 0.360. The van der Waals surface area contributed by atoms with Gasteiger partial charge in [-0.1, -0.05) is 12.1 Å². The zero-order valence-electron chi connectivity index (χ0n) is 19.5. The first-order chi connectivity index (χ1) is 16.0. The summed E-state index contributed by atoms with van der Waals surface area (Å²) in [6.07, 6.45) is 0.550. The highest BCUT2D eigenvalue weighted by Crippen LogP contribution is 2.35. The maximum absolute atomic E-state index is 13.3. The van der Waals surface area contributed by atoms with E-state index in [1.165, 1.54) is 4.90 Å². The number of hydrogen-bond donors (Lipinski definition) is 1. The van der Waals surface area contributed by atoms with Gasteiger partial charge in [-0.3, -0.25) is 14.5 Å². The van der Waals surface area contributed by atoms with E-state index in [-0.39, 0.29) is 24.1 Å². The number of nitrogens with one attached hydrogen (secondary N) is 1. The normalized spacial score (nSPS) is 13.5. The number of nitrogens with zero attached hydrogens (tertiary/aromatic N) is 1. The zero-order chi connectivity index (χ0) is 23.8. The van der Waals surface area contributed by atoms with Gasteiger partial charge in [0.15, 0.2) is 11.5 Å². The molecule has 0 atom stereocenters. The van der Waals surface area contributed by atoms with Gasteiger partial charge in [0.25, 0.3) is 11.8 Å². The van der Waals surface area contributed by atoms with Gasteiger partial charge in [-0.05, 0) is 50.1 Å². The lowest BCUT2D eigenvalue weighted by molar-refractivity contribution is -0.137. The van der Waals surface area contributed by atoms with E-state index in [1.54, 1.807) is 56.7 Å². The van der Waals surface area contributed by atoms with Crippen molar-refractivity contribution in [2.45, 2.75) is 20.3 Å². The number of amides is 2. The van der Waals surface area contributed by atoms with Crippen molar-refractivity contribution in [3.8, 4) is 17.2 Å². The van der Waals surface area contributed by atoms with Crippen molar-refractivity contribution in [3.63, 3.8) is 0 Å². The molecule has 0 bridgehead atoms. The Bertz CT molecular complexity index is 1020. The van der Waals surface area contributed by atoms with Gasteiger partial charge in [-0.2, -0.15) is 0 Å². The van der Waals surface area contributed by atoms with E-state index in [0.717, 1.165) is 0 Å². The van der Waals surface area contributed by atoms with Crippen LogP contribution in [0, 0.1) is 0 Å². The lowest BCUT2D eigenvalue weighted by Gasteiger charge is -2.16. The highest BCUT2D eigenvalue weighted by atomic mass is 16.5. The van der Waals surface area contributed by atoms with Crippen molar-refractivity contribution in [1.82, 2.24) is 4.90 Å². The highest BCUT2D eigenvalue weighted by Gasteiger charge is 2.39. The van der Waals surface area contributed by atoms with Gasteiger partial charge < -0.3 is 24.3 Å². The van der Waals surface area contributed by atoms with Gasteiger partial charge in [0.1, 0.15) is 11.4 Å². The first kappa shape index (κ1) is 24.1. The standard InChI is InChI=1S/C25H30N2O6/c1-5-32-20-13-10-18(16-21(20)33-6-2)26-23-22(17-8-11-19(31-4)12-9-17)24(28)27(25(23)29)14-7-15-30-3/h8-13,16,26H,5-7,14-15H2,1-4H3. The van der Waals surface area contributed by atoms with E-state index in [9.17, 15) is 9.59 Å². The molecule has 33 heavy (non-hydrogen) atoms. The lowest BCUT2D eigenvalue weighted by Crippen LogP contribution is -2.33. The molecule has 1 N–H and O–H groups in total. The van der Waals surface area contributed by atoms with Gasteiger partial charge in [0.05, 0.1) is 25.9 Å². The maximum Gasteiger partial charge on any atom is 0.278 e. The summed E-state index contributed by atoms with van der Waals surface area (Å²) in [5.41, 5.74) is 1.77. The second-order valence-electron chi connectivity index (χ2n) is 7.24. The van der Waals surface area contributed by atoms with Gasteiger partial charge in [-0.15, -0.1) is 0 Å². The van der Waals surface area contributed by atoms with Crippen LogP contribution in [-0.4, -0.2) is 57.3 Å². The Kier molecular flexibility index (Phi) is 8.32. The Morgan fingerprint density at radius 3 is 2.21 bits per heavy atom. The Balaban J connectivity index is 1.99. The summed E-state index contributed by atoms with van der Waals surface area (Å²) < 4.78 is 21.6. The van der Waals surface area contributed by atoms with Crippen LogP contribution >= 0.6 is 0 Å². The maximum atomic E-state index is 13.3. The quantitative estimate of drug-likeness (QED) is 0.386. The fourth-order valence-corrected chi connectivity index (χ4v) is 3.56. The SMILES string of the molecule is CCOc1ccc(NC2=C(c3ccc(OC)cc3)C(=O)N(CCCOC)C2=O)cc1OCC. The summed E-state index contributed by atoms with van der Waals surface area (Å²) in [5.74, 6) is 1.11. The second kappa shape index (κ2) is 11.4. The van der Waals surface area contributed by atoms with E-state index in [0.29, 0.717) is 60.3 Å². The molecule has 2 amide bonds. The predicted molar refractivity (Wildman–Crippen MR) is 126 cm³/mol. The van der Waals surface area contributed by atoms with E-state index in [2.05, 4.69) is 5.32 Å². The number of carbonyl (C=O) groups excluding carboxylic acids is 2. The zero-order valence-corrected chi connectivity index (χ0v) is 19.5. The van der Waals surface area contributed by atoms with Crippen molar-refractivity contribution in [3.05, 3.63) is 53.7 Å². The van der Waals surface area contributed by atoms with Crippen molar-refractivity contribution in [2.24, 2.45) is 0 Å². The average Bonchev–Trinajstić information content (AvgIpc) is 3.05. The molecule has 0 unspecified atom stereocenters. The van der Waals surface area contributed by atoms with E-state index < -0.39 is 0 Å². The van der Waals surface area contributed by atoms with E-state index >= 15 is 0 Å². The molecule has 2 aromatic carbocycles. The number of anilines is 1. The largest absolute Gasteiger partial charge is 0.497 e. The molecular weight excluding hydrogens is 424 g/mol. The van der Waals surface area contributed by atoms with Gasteiger partial charge in [0.2, 0.25) is 0 Å². The minimum absolute atomic E-state index is 0.217. The summed E-state index contributed by atoms with van der Waals surface area (Å²) >= 11 is 0. The van der Waals surface area contributed by atoms with Crippen LogP contribution in [0.3, 0.4) is 0 Å². The van der Waals surface area contributed by atoms with Crippen molar-refractivity contribution >= 4 is 23.1 Å². The molecule has 2 aromatic rings. The first-order valence-electron chi connectivity index (χ1n) is 10.9. The minimum atomic E-state index is -0.381. The van der Waals surface area contributed by atoms with Crippen LogP contribution in [0.1, 0.15) is 25.8 Å². The summed E-state index contributed by atoms with van der Waals surface area (Å²) in [4.78, 5) is 27.8. The summed E-state index contributed by atoms with van der Waals surface area (Å²) in [6, 6.07) is 12.4. The predicted octanol–water partition coefficient (Wildman–Crippen LogP) is 3.72. The van der Waals surface area contributed by atoms with Crippen molar-refractivity contribution < 1.29 is 28.5 Å². The molecule has 1 heterocycles. The van der Waals surface area contributed by atoms with Crippen LogP contribution < -0.4 is 19.5 Å². The summed E-state index contributed by atoms with van der Waals surface area (Å²) in [7, 11) is 3.16. The van der Waals surface area contributed by atoms with Crippen LogP contribution in [-0.2, 0) is 14.3 Å². The van der Waals surface area contributed by atoms with Crippen LogP contribution in [0.15, 0.2) is 48.2 Å². The molecule has 1 aliphatic rings. The number of hydrogen-bond acceptors (Lipinski definition) is 7. The number of rotatable bonds is 12. The molecule has 0 fully saturated rings. The number of ether oxygens (including phenoxy) is 4. The molecule has 0 aromatic heterocycles. The van der Waals surface area contributed by atoms with Gasteiger partial charge in [-0.25, -0.2) is 0 Å².